The molecular formula is C15H21N3O3. The molecule has 0 bridgehead atoms. The molecule has 2 saturated heterocycles. The summed E-state index contributed by atoms with van der Waals surface area (Å²) in [5, 5.41) is 12.9. The maximum atomic E-state index is 12.5. The van der Waals surface area contributed by atoms with Crippen LogP contribution in [0.25, 0.3) is 0 Å². The van der Waals surface area contributed by atoms with Crippen molar-refractivity contribution in [3.8, 4) is 5.88 Å². The quantitative estimate of drug-likeness (QED) is 0.748. The van der Waals surface area contributed by atoms with Crippen LogP contribution in [0.15, 0.2) is 16.9 Å². The third-order valence-corrected chi connectivity index (χ3v) is 4.49. The topological polar surface area (TPSA) is 85.4 Å². The predicted octanol–water partition coefficient (Wildman–Crippen LogP) is 0.685. The number of rotatable bonds is 2. The molecular weight excluding hydrogens is 270 g/mol. The van der Waals surface area contributed by atoms with Crippen LogP contribution in [0.4, 0.5) is 0 Å². The molecule has 2 unspecified atom stereocenters. The van der Waals surface area contributed by atoms with E-state index in [1.54, 1.807) is 0 Å². The number of nitrogens with zero attached hydrogens (tertiary/aromatic N) is 1. The molecule has 0 aliphatic carbocycles. The van der Waals surface area contributed by atoms with Gasteiger partial charge in [0.2, 0.25) is 0 Å². The summed E-state index contributed by atoms with van der Waals surface area (Å²) < 4.78 is 0. The van der Waals surface area contributed by atoms with Gasteiger partial charge in [-0.05, 0) is 38.1 Å². The number of pyridine rings is 1. The van der Waals surface area contributed by atoms with E-state index in [-0.39, 0.29) is 17.4 Å². The highest BCUT2D eigenvalue weighted by Crippen LogP contribution is 2.25. The lowest BCUT2D eigenvalue weighted by Gasteiger charge is -2.35. The Hall–Kier alpha value is -1.82. The SMILES string of the molecule is O=C(c1cc(O)[nH]c(=O)c1)N1CCCC(C2CCCN2)C1. The van der Waals surface area contributed by atoms with Crippen molar-refractivity contribution in [1.82, 2.24) is 15.2 Å². The van der Waals surface area contributed by atoms with Crippen LogP contribution in [-0.2, 0) is 0 Å². The first kappa shape index (κ1) is 14.1. The molecule has 1 aromatic rings. The number of carbonyl (C=O) groups excluding carboxylic acids is 1. The van der Waals surface area contributed by atoms with E-state index in [1.165, 1.54) is 25.0 Å². The second kappa shape index (κ2) is 5.89. The monoisotopic (exact) mass is 291 g/mol. The lowest BCUT2D eigenvalue weighted by Crippen LogP contribution is -2.46. The summed E-state index contributed by atoms with van der Waals surface area (Å²) in [5.41, 5.74) is -0.194. The normalized spacial score (nSPS) is 26.0. The van der Waals surface area contributed by atoms with Crippen LogP contribution >= 0.6 is 0 Å². The van der Waals surface area contributed by atoms with Crippen molar-refractivity contribution in [2.45, 2.75) is 31.7 Å². The van der Waals surface area contributed by atoms with Gasteiger partial charge in [-0.2, -0.15) is 0 Å². The van der Waals surface area contributed by atoms with E-state index in [0.717, 1.165) is 32.5 Å². The van der Waals surface area contributed by atoms with Gasteiger partial charge in [0, 0.05) is 31.3 Å². The van der Waals surface area contributed by atoms with Gasteiger partial charge in [0.1, 0.15) is 0 Å². The predicted molar refractivity (Wildman–Crippen MR) is 78.4 cm³/mol. The van der Waals surface area contributed by atoms with E-state index < -0.39 is 5.56 Å². The summed E-state index contributed by atoms with van der Waals surface area (Å²) in [6.45, 7) is 2.51. The first-order chi connectivity index (χ1) is 10.1. The van der Waals surface area contributed by atoms with Crippen LogP contribution in [0.1, 0.15) is 36.0 Å². The molecule has 3 heterocycles. The first-order valence-corrected chi connectivity index (χ1v) is 7.59. The second-order valence-electron chi connectivity index (χ2n) is 5.97. The number of amides is 1. The fourth-order valence-electron chi connectivity index (χ4n) is 3.47. The van der Waals surface area contributed by atoms with Gasteiger partial charge in [-0.25, -0.2) is 0 Å². The number of likely N-dealkylation sites (tertiary alicyclic amines) is 1. The van der Waals surface area contributed by atoms with Crippen LogP contribution in [0.5, 0.6) is 5.88 Å². The highest BCUT2D eigenvalue weighted by molar-refractivity contribution is 5.94. The van der Waals surface area contributed by atoms with Gasteiger partial charge in [-0.15, -0.1) is 0 Å². The number of hydrogen-bond donors (Lipinski definition) is 3. The second-order valence-corrected chi connectivity index (χ2v) is 5.97. The fraction of sp³-hybridized carbons (Fsp3) is 0.600. The van der Waals surface area contributed by atoms with Crippen molar-refractivity contribution in [2.75, 3.05) is 19.6 Å². The minimum absolute atomic E-state index is 0.168. The average Bonchev–Trinajstić information content (AvgIpc) is 3.00. The Kier molecular flexibility index (Phi) is 3.96. The first-order valence-electron chi connectivity index (χ1n) is 7.59. The summed E-state index contributed by atoms with van der Waals surface area (Å²) in [6, 6.07) is 3.08. The third-order valence-electron chi connectivity index (χ3n) is 4.49. The van der Waals surface area contributed by atoms with E-state index in [1.807, 2.05) is 4.90 Å². The number of aromatic amines is 1. The van der Waals surface area contributed by atoms with Gasteiger partial charge >= 0.3 is 0 Å². The van der Waals surface area contributed by atoms with Gasteiger partial charge in [-0.1, -0.05) is 0 Å². The lowest BCUT2D eigenvalue weighted by atomic mass is 9.89. The van der Waals surface area contributed by atoms with Crippen molar-refractivity contribution >= 4 is 5.91 Å². The van der Waals surface area contributed by atoms with Gasteiger partial charge < -0.3 is 15.3 Å². The zero-order valence-corrected chi connectivity index (χ0v) is 12.0. The molecule has 1 aromatic heterocycles. The number of nitrogens with one attached hydrogen (secondary N) is 2. The minimum Gasteiger partial charge on any atom is -0.494 e. The molecule has 6 heteroatoms. The standard InChI is InChI=1S/C15H21N3O3/c19-13-7-11(8-14(20)17-13)15(21)18-6-2-3-10(9-18)12-4-1-5-16-12/h7-8,10,12,16H,1-6,9H2,(H2,17,19,20). The van der Waals surface area contributed by atoms with Crippen LogP contribution in [0.3, 0.4) is 0 Å². The fourth-order valence-corrected chi connectivity index (χ4v) is 3.47. The van der Waals surface area contributed by atoms with Gasteiger partial charge in [-0.3, -0.25) is 14.6 Å². The molecule has 2 aliphatic rings. The molecule has 0 spiro atoms. The summed E-state index contributed by atoms with van der Waals surface area (Å²) in [7, 11) is 0. The number of H-pyrrole nitrogens is 1. The molecule has 1 amide bonds. The maximum absolute atomic E-state index is 12.5. The van der Waals surface area contributed by atoms with Crippen LogP contribution in [-0.4, -0.2) is 46.6 Å². The Morgan fingerprint density at radius 1 is 1.29 bits per heavy atom. The molecule has 3 N–H and O–H groups in total. The summed E-state index contributed by atoms with van der Waals surface area (Å²) in [5.74, 6) is 0.0526. The molecule has 0 radical (unpaired) electrons. The number of aromatic nitrogens is 1. The average molecular weight is 291 g/mol. The Morgan fingerprint density at radius 3 is 2.86 bits per heavy atom. The van der Waals surface area contributed by atoms with Crippen molar-refractivity contribution in [1.29, 1.82) is 0 Å². The molecule has 2 atom stereocenters. The number of piperidine rings is 1. The molecule has 0 saturated carbocycles. The maximum Gasteiger partial charge on any atom is 0.254 e. The number of aromatic hydroxyl groups is 1. The minimum atomic E-state index is -0.454. The molecule has 2 aliphatic heterocycles. The Labute approximate surface area is 123 Å². The summed E-state index contributed by atoms with van der Waals surface area (Å²) in [4.78, 5) is 27.9. The molecule has 2 fully saturated rings. The van der Waals surface area contributed by atoms with Gasteiger partial charge in [0.25, 0.3) is 11.5 Å². The smallest absolute Gasteiger partial charge is 0.254 e. The van der Waals surface area contributed by atoms with E-state index in [9.17, 15) is 14.7 Å². The largest absolute Gasteiger partial charge is 0.494 e. The van der Waals surface area contributed by atoms with Gasteiger partial charge in [0.15, 0.2) is 5.88 Å². The highest BCUT2D eigenvalue weighted by Gasteiger charge is 2.31. The number of hydrogen-bond acceptors (Lipinski definition) is 4. The molecule has 114 valence electrons. The van der Waals surface area contributed by atoms with Crippen molar-refractivity contribution in [3.05, 3.63) is 28.0 Å². The number of carbonyl (C=O) groups is 1. The zero-order valence-electron chi connectivity index (χ0n) is 12.0. The highest BCUT2D eigenvalue weighted by atomic mass is 16.3. The van der Waals surface area contributed by atoms with E-state index >= 15 is 0 Å². The van der Waals surface area contributed by atoms with Crippen molar-refractivity contribution < 1.29 is 9.90 Å². The lowest BCUT2D eigenvalue weighted by molar-refractivity contribution is 0.0650. The summed E-state index contributed by atoms with van der Waals surface area (Å²) >= 11 is 0. The van der Waals surface area contributed by atoms with E-state index in [0.29, 0.717) is 12.0 Å². The summed E-state index contributed by atoms with van der Waals surface area (Å²) in [6.07, 6.45) is 4.52. The van der Waals surface area contributed by atoms with E-state index in [2.05, 4.69) is 10.3 Å². The van der Waals surface area contributed by atoms with Crippen molar-refractivity contribution in [3.63, 3.8) is 0 Å². The third kappa shape index (κ3) is 3.10. The van der Waals surface area contributed by atoms with E-state index in [4.69, 9.17) is 0 Å². The van der Waals surface area contributed by atoms with Crippen molar-refractivity contribution in [2.24, 2.45) is 5.92 Å². The van der Waals surface area contributed by atoms with Crippen LogP contribution in [0, 0.1) is 5.92 Å². The van der Waals surface area contributed by atoms with Crippen LogP contribution in [0.2, 0.25) is 0 Å². The van der Waals surface area contributed by atoms with Crippen LogP contribution < -0.4 is 10.9 Å². The molecule has 0 aromatic carbocycles. The van der Waals surface area contributed by atoms with Gasteiger partial charge in [0.05, 0.1) is 5.56 Å². The molecule has 21 heavy (non-hydrogen) atoms. The molecule has 3 rings (SSSR count). The Morgan fingerprint density at radius 2 is 2.14 bits per heavy atom. The Bertz CT molecular complexity index is 578. The Balaban J connectivity index is 1.73. The zero-order chi connectivity index (χ0) is 14.8. The molecule has 6 nitrogen and oxygen atoms in total.